The molecule has 2 aliphatic rings. The van der Waals surface area contributed by atoms with Gasteiger partial charge in [0, 0.05) is 5.69 Å². The van der Waals surface area contributed by atoms with E-state index < -0.39 is 0 Å². The highest BCUT2D eigenvalue weighted by atomic mass is 16.2. The fraction of sp³-hybridized carbons (Fsp3) is 0.375. The normalized spacial score (nSPS) is 23.8. The molecule has 29 heavy (non-hydrogen) atoms. The molecule has 2 fully saturated rings. The minimum atomic E-state index is -0.321. The molecule has 5 heteroatoms. The molecular formula is C24H26N2O3. The Morgan fingerprint density at radius 3 is 2.48 bits per heavy atom. The van der Waals surface area contributed by atoms with Crippen LogP contribution < -0.4 is 10.2 Å². The minimum Gasteiger partial charge on any atom is -0.322 e. The van der Waals surface area contributed by atoms with Crippen LogP contribution in [0.3, 0.4) is 0 Å². The fourth-order valence-electron chi connectivity index (χ4n) is 4.56. The summed E-state index contributed by atoms with van der Waals surface area (Å²) in [5.74, 6) is -0.735. The molecule has 1 N–H and O–H groups in total. The summed E-state index contributed by atoms with van der Waals surface area (Å²) in [6.45, 7) is 6.07. The van der Waals surface area contributed by atoms with Gasteiger partial charge in [-0.3, -0.25) is 14.4 Å². The second-order valence-corrected chi connectivity index (χ2v) is 8.36. The van der Waals surface area contributed by atoms with Crippen LogP contribution in [0.4, 0.5) is 11.4 Å². The molecule has 0 bridgehead atoms. The molecule has 5 nitrogen and oxygen atoms in total. The molecule has 1 aliphatic carbocycles. The van der Waals surface area contributed by atoms with Crippen LogP contribution in [0.25, 0.3) is 0 Å². The van der Waals surface area contributed by atoms with E-state index in [4.69, 9.17) is 0 Å². The Balaban J connectivity index is 1.67. The van der Waals surface area contributed by atoms with E-state index in [1.54, 1.807) is 24.3 Å². The molecule has 1 heterocycles. The lowest BCUT2D eigenvalue weighted by Crippen LogP contribution is -2.33. The molecular weight excluding hydrogens is 364 g/mol. The van der Waals surface area contributed by atoms with Crippen molar-refractivity contribution in [2.75, 3.05) is 10.2 Å². The van der Waals surface area contributed by atoms with Gasteiger partial charge in [0.05, 0.1) is 23.1 Å². The summed E-state index contributed by atoms with van der Waals surface area (Å²) >= 11 is 0. The Morgan fingerprint density at radius 2 is 1.69 bits per heavy atom. The molecule has 1 saturated heterocycles. The van der Waals surface area contributed by atoms with E-state index in [-0.39, 0.29) is 29.6 Å². The lowest BCUT2D eigenvalue weighted by molar-refractivity contribution is -0.122. The zero-order valence-electron chi connectivity index (χ0n) is 17.1. The number of carbonyl (C=O) groups is 3. The van der Waals surface area contributed by atoms with E-state index >= 15 is 0 Å². The average molecular weight is 390 g/mol. The van der Waals surface area contributed by atoms with Gasteiger partial charge in [0.1, 0.15) is 0 Å². The molecule has 2 aromatic carbocycles. The third-order valence-corrected chi connectivity index (χ3v) is 6.43. The van der Waals surface area contributed by atoms with Crippen LogP contribution in [0.2, 0.25) is 0 Å². The number of nitrogens with one attached hydrogen (secondary N) is 1. The third kappa shape index (κ3) is 3.35. The van der Waals surface area contributed by atoms with Gasteiger partial charge in [-0.2, -0.15) is 0 Å². The first kappa shape index (κ1) is 19.4. The molecule has 0 spiro atoms. The van der Waals surface area contributed by atoms with Gasteiger partial charge in [-0.05, 0) is 68.4 Å². The fourth-order valence-corrected chi connectivity index (χ4v) is 4.56. The number of hydrogen-bond acceptors (Lipinski definition) is 3. The number of fused-ring (bicyclic) bond motifs is 1. The maximum atomic E-state index is 13.1. The van der Waals surface area contributed by atoms with Crippen LogP contribution in [-0.4, -0.2) is 17.7 Å². The molecule has 1 saturated carbocycles. The SMILES string of the molecule is Cc1cccc(NC(=O)c2ccccc2N2C(=O)[C@H]3C[C@@H](C)CC[C@H]3C2=O)c1C. The molecule has 0 unspecified atom stereocenters. The predicted octanol–water partition coefficient (Wildman–Crippen LogP) is 4.48. The topological polar surface area (TPSA) is 66.5 Å². The predicted molar refractivity (Wildman–Crippen MR) is 113 cm³/mol. The van der Waals surface area contributed by atoms with Crippen molar-refractivity contribution in [2.45, 2.75) is 40.0 Å². The van der Waals surface area contributed by atoms with E-state index in [9.17, 15) is 14.4 Å². The Labute approximate surface area is 171 Å². The molecule has 2 aromatic rings. The summed E-state index contributed by atoms with van der Waals surface area (Å²) in [4.78, 5) is 40.5. The summed E-state index contributed by atoms with van der Waals surface area (Å²) in [5, 5.41) is 2.94. The smallest absolute Gasteiger partial charge is 0.257 e. The minimum absolute atomic E-state index is 0.168. The molecule has 3 atom stereocenters. The third-order valence-electron chi connectivity index (χ3n) is 6.43. The van der Waals surface area contributed by atoms with Gasteiger partial charge in [0.2, 0.25) is 11.8 Å². The molecule has 1 aliphatic heterocycles. The second kappa shape index (κ2) is 7.47. The molecule has 150 valence electrons. The summed E-state index contributed by atoms with van der Waals surface area (Å²) in [6, 6.07) is 12.6. The van der Waals surface area contributed by atoms with E-state index in [1.807, 2.05) is 32.0 Å². The van der Waals surface area contributed by atoms with Gasteiger partial charge in [-0.25, -0.2) is 4.90 Å². The van der Waals surface area contributed by atoms with Gasteiger partial charge < -0.3 is 5.32 Å². The first-order valence-electron chi connectivity index (χ1n) is 10.2. The Hall–Kier alpha value is -2.95. The number of nitrogens with zero attached hydrogens (tertiary/aromatic N) is 1. The van der Waals surface area contributed by atoms with Crippen LogP contribution in [-0.2, 0) is 9.59 Å². The van der Waals surface area contributed by atoms with Crippen molar-refractivity contribution in [3.63, 3.8) is 0 Å². The van der Waals surface area contributed by atoms with Crippen LogP contribution in [0.15, 0.2) is 42.5 Å². The lowest BCUT2D eigenvalue weighted by atomic mass is 9.76. The lowest BCUT2D eigenvalue weighted by Gasteiger charge is -2.25. The summed E-state index contributed by atoms with van der Waals surface area (Å²) in [7, 11) is 0. The largest absolute Gasteiger partial charge is 0.322 e. The van der Waals surface area contributed by atoms with Crippen molar-refractivity contribution in [1.82, 2.24) is 0 Å². The van der Waals surface area contributed by atoms with Gasteiger partial charge in [0.25, 0.3) is 5.91 Å². The van der Waals surface area contributed by atoms with E-state index in [1.165, 1.54) is 4.90 Å². The molecule has 0 radical (unpaired) electrons. The number of imide groups is 1. The van der Waals surface area contributed by atoms with Crippen molar-refractivity contribution >= 4 is 29.1 Å². The first-order chi connectivity index (χ1) is 13.9. The van der Waals surface area contributed by atoms with Gasteiger partial charge in [0.15, 0.2) is 0 Å². The van der Waals surface area contributed by atoms with Crippen molar-refractivity contribution < 1.29 is 14.4 Å². The molecule has 4 rings (SSSR count). The number of amides is 3. The van der Waals surface area contributed by atoms with Gasteiger partial charge >= 0.3 is 0 Å². The van der Waals surface area contributed by atoms with E-state index in [0.29, 0.717) is 17.2 Å². The highest BCUT2D eigenvalue weighted by molar-refractivity contribution is 6.24. The maximum absolute atomic E-state index is 13.1. The highest BCUT2D eigenvalue weighted by Crippen LogP contribution is 2.42. The van der Waals surface area contributed by atoms with Crippen LogP contribution in [0.5, 0.6) is 0 Å². The monoisotopic (exact) mass is 390 g/mol. The number of anilines is 2. The summed E-state index contributed by atoms with van der Waals surface area (Å²) in [5.41, 5.74) is 3.52. The van der Waals surface area contributed by atoms with Crippen molar-refractivity contribution in [3.05, 3.63) is 59.2 Å². The number of para-hydroxylation sites is 1. The first-order valence-corrected chi connectivity index (χ1v) is 10.2. The average Bonchev–Trinajstić information content (AvgIpc) is 2.95. The molecule has 0 aromatic heterocycles. The number of rotatable bonds is 3. The molecule has 3 amide bonds. The van der Waals surface area contributed by atoms with Crippen LogP contribution >= 0.6 is 0 Å². The van der Waals surface area contributed by atoms with Crippen LogP contribution in [0, 0.1) is 31.6 Å². The Morgan fingerprint density at radius 1 is 0.966 bits per heavy atom. The Kier molecular flexibility index (Phi) is 4.99. The zero-order valence-corrected chi connectivity index (χ0v) is 17.1. The van der Waals surface area contributed by atoms with Gasteiger partial charge in [-0.1, -0.05) is 31.2 Å². The maximum Gasteiger partial charge on any atom is 0.257 e. The number of benzene rings is 2. The van der Waals surface area contributed by atoms with Crippen molar-refractivity contribution in [2.24, 2.45) is 17.8 Å². The van der Waals surface area contributed by atoms with Crippen LogP contribution in [0.1, 0.15) is 47.7 Å². The second-order valence-electron chi connectivity index (χ2n) is 8.36. The number of aryl methyl sites for hydroxylation is 1. The summed E-state index contributed by atoms with van der Waals surface area (Å²) < 4.78 is 0. The van der Waals surface area contributed by atoms with Crippen molar-refractivity contribution in [3.8, 4) is 0 Å². The van der Waals surface area contributed by atoms with E-state index in [2.05, 4.69) is 12.2 Å². The highest BCUT2D eigenvalue weighted by Gasteiger charge is 2.50. The Bertz CT molecular complexity index is 997. The standard InChI is InChI=1S/C24H26N2O3/c1-14-11-12-17-19(13-14)24(29)26(23(17)28)21-10-5-4-8-18(21)22(27)25-20-9-6-7-15(2)16(20)3/h4-10,14,17,19H,11-13H2,1-3H3,(H,25,27)/t14-,17+,19-/m0/s1. The van der Waals surface area contributed by atoms with E-state index in [0.717, 1.165) is 36.1 Å². The zero-order chi connectivity index (χ0) is 20.7. The summed E-state index contributed by atoms with van der Waals surface area (Å²) in [6.07, 6.45) is 2.44. The van der Waals surface area contributed by atoms with Gasteiger partial charge in [-0.15, -0.1) is 0 Å². The van der Waals surface area contributed by atoms with Crippen molar-refractivity contribution in [1.29, 1.82) is 0 Å². The quantitative estimate of drug-likeness (QED) is 0.786. The number of hydrogen-bond donors (Lipinski definition) is 1. The number of carbonyl (C=O) groups excluding carboxylic acids is 3.